The van der Waals surface area contributed by atoms with Gasteiger partial charge in [0.2, 0.25) is 5.91 Å². The number of esters is 1. The third kappa shape index (κ3) is 11.7. The maximum Gasteiger partial charge on any atom is 0.414 e. The average molecular weight is 565 g/mol. The van der Waals surface area contributed by atoms with Crippen molar-refractivity contribution in [1.29, 1.82) is 0 Å². The standard InChI is InChI=1S/C19H27N5O15/c20-8(2-5-13(27)35-37-16(30)9(21)1-4-11(23)25)15(29)33-19(24)7-14(28)36-34-12(26)6-3-10(22)17(31)38-39-18(19)32/h8-10H,1-7,20-22,24H2,(H2,23,25). The Kier molecular flexibility index (Phi) is 12.6. The zero-order valence-electron chi connectivity index (χ0n) is 20.2. The monoisotopic (exact) mass is 565 g/mol. The van der Waals surface area contributed by atoms with Crippen LogP contribution < -0.4 is 28.7 Å². The van der Waals surface area contributed by atoms with Crippen LogP contribution in [0.15, 0.2) is 0 Å². The Morgan fingerprint density at radius 1 is 0.872 bits per heavy atom. The van der Waals surface area contributed by atoms with Gasteiger partial charge >= 0.3 is 41.8 Å². The summed E-state index contributed by atoms with van der Waals surface area (Å²) in [5.41, 5.74) is 24.0. The second-order valence-corrected chi connectivity index (χ2v) is 7.93. The summed E-state index contributed by atoms with van der Waals surface area (Å²) in [4.78, 5) is 119. The van der Waals surface area contributed by atoms with Crippen LogP contribution in [0.5, 0.6) is 0 Å². The number of nitrogens with two attached hydrogens (primary N) is 5. The molecule has 4 atom stereocenters. The smallest absolute Gasteiger partial charge is 0.414 e. The first-order valence-corrected chi connectivity index (χ1v) is 11.0. The van der Waals surface area contributed by atoms with Gasteiger partial charge in [-0.15, -0.1) is 0 Å². The molecular formula is C19H27N5O15. The van der Waals surface area contributed by atoms with Crippen molar-refractivity contribution in [2.45, 2.75) is 68.8 Å². The molecule has 39 heavy (non-hydrogen) atoms. The van der Waals surface area contributed by atoms with Gasteiger partial charge in [-0.2, -0.15) is 0 Å². The van der Waals surface area contributed by atoms with Crippen LogP contribution in [0.4, 0.5) is 0 Å². The minimum Gasteiger partial charge on any atom is -0.430 e. The molecule has 20 nitrogen and oxygen atoms in total. The summed E-state index contributed by atoms with van der Waals surface area (Å²) in [7, 11) is 0. The van der Waals surface area contributed by atoms with E-state index in [4.69, 9.17) is 33.4 Å². The highest BCUT2D eigenvalue weighted by molar-refractivity contribution is 5.89. The van der Waals surface area contributed by atoms with E-state index in [1.54, 1.807) is 0 Å². The van der Waals surface area contributed by atoms with E-state index in [1.807, 2.05) is 0 Å². The first-order valence-electron chi connectivity index (χ1n) is 11.0. The Bertz CT molecular complexity index is 988. The van der Waals surface area contributed by atoms with Gasteiger partial charge in [-0.3, -0.25) is 15.3 Å². The molecule has 0 aromatic carbocycles. The zero-order chi connectivity index (χ0) is 29.8. The van der Waals surface area contributed by atoms with Crippen LogP contribution in [0, 0.1) is 0 Å². The fourth-order valence-electron chi connectivity index (χ4n) is 2.38. The lowest BCUT2D eigenvalue weighted by molar-refractivity contribution is -0.276. The summed E-state index contributed by atoms with van der Waals surface area (Å²) in [5, 5.41) is 0. The van der Waals surface area contributed by atoms with Crippen LogP contribution in [0.25, 0.3) is 0 Å². The van der Waals surface area contributed by atoms with Crippen LogP contribution in [0.2, 0.25) is 0 Å². The molecule has 0 aromatic rings. The van der Waals surface area contributed by atoms with Crippen molar-refractivity contribution in [2.75, 3.05) is 0 Å². The van der Waals surface area contributed by atoms with Crippen molar-refractivity contribution in [3.63, 3.8) is 0 Å². The number of amides is 1. The molecule has 0 aliphatic carbocycles. The molecule has 10 N–H and O–H groups in total. The van der Waals surface area contributed by atoms with Crippen molar-refractivity contribution in [3.8, 4) is 0 Å². The summed E-state index contributed by atoms with van der Waals surface area (Å²) >= 11 is 0. The molecule has 218 valence electrons. The van der Waals surface area contributed by atoms with E-state index in [2.05, 4.69) is 29.3 Å². The number of ether oxygens (including phenoxy) is 1. The molecule has 1 amide bonds. The van der Waals surface area contributed by atoms with E-state index in [-0.39, 0.29) is 19.3 Å². The van der Waals surface area contributed by atoms with Crippen molar-refractivity contribution in [1.82, 2.24) is 0 Å². The van der Waals surface area contributed by atoms with Crippen LogP contribution in [0.3, 0.4) is 0 Å². The minimum atomic E-state index is -3.02. The summed E-state index contributed by atoms with van der Waals surface area (Å²) in [6, 6.07) is -4.47. The maximum atomic E-state index is 12.4. The van der Waals surface area contributed by atoms with E-state index in [9.17, 15) is 38.4 Å². The molecule has 1 fully saturated rings. The lowest BCUT2D eigenvalue weighted by Crippen LogP contribution is -2.56. The first-order chi connectivity index (χ1) is 18.1. The van der Waals surface area contributed by atoms with E-state index < -0.39 is 97.2 Å². The van der Waals surface area contributed by atoms with Gasteiger partial charge in [-0.1, -0.05) is 0 Å². The first kappa shape index (κ1) is 32.6. The molecule has 0 saturated carbocycles. The number of rotatable bonds is 9. The van der Waals surface area contributed by atoms with Gasteiger partial charge < -0.3 is 27.7 Å². The van der Waals surface area contributed by atoms with Gasteiger partial charge in [0.15, 0.2) is 0 Å². The number of carbonyl (C=O) groups excluding carboxylic acids is 8. The molecule has 1 rings (SSSR count). The molecule has 1 heterocycles. The second-order valence-electron chi connectivity index (χ2n) is 7.93. The average Bonchev–Trinajstić information content (AvgIpc) is 2.88. The minimum absolute atomic E-state index is 0.173. The third-order valence-corrected chi connectivity index (χ3v) is 4.61. The lowest BCUT2D eigenvalue weighted by atomic mass is 10.1. The SMILES string of the molecule is NC(=O)CCC(N)C(=O)OOC(=O)CCC(N)C(=O)OC1(N)CC(=O)OOC(=O)CCC(N)C(=O)OOC1=O. The highest BCUT2D eigenvalue weighted by atomic mass is 17.2. The van der Waals surface area contributed by atoms with Gasteiger partial charge in [0.25, 0.3) is 5.72 Å². The number of hydrogen-bond donors (Lipinski definition) is 5. The summed E-state index contributed by atoms with van der Waals surface area (Å²) in [6.07, 6.45) is -3.71. The van der Waals surface area contributed by atoms with Gasteiger partial charge in [0, 0.05) is 6.42 Å². The zero-order valence-corrected chi connectivity index (χ0v) is 20.2. The fourth-order valence-corrected chi connectivity index (χ4v) is 2.38. The maximum absolute atomic E-state index is 12.4. The molecule has 1 saturated heterocycles. The van der Waals surface area contributed by atoms with Crippen LogP contribution in [-0.4, -0.2) is 71.5 Å². The Morgan fingerprint density at radius 3 is 2.10 bits per heavy atom. The van der Waals surface area contributed by atoms with Gasteiger partial charge in [0.05, 0.1) is 12.8 Å². The molecule has 0 aromatic heterocycles. The highest BCUT2D eigenvalue weighted by Crippen LogP contribution is 2.17. The Hall–Kier alpha value is -4.40. The topological polar surface area (TPSA) is 331 Å². The number of carbonyl (C=O) groups is 8. The molecule has 0 bridgehead atoms. The number of hydrogen-bond acceptors (Lipinski definition) is 19. The summed E-state index contributed by atoms with van der Waals surface area (Å²) in [6.45, 7) is 0. The Morgan fingerprint density at radius 2 is 1.46 bits per heavy atom. The van der Waals surface area contributed by atoms with Gasteiger partial charge in [-0.05, 0) is 19.3 Å². The predicted molar refractivity (Wildman–Crippen MR) is 115 cm³/mol. The number of primary amides is 1. The highest BCUT2D eigenvalue weighted by Gasteiger charge is 2.46. The molecule has 4 unspecified atom stereocenters. The lowest BCUT2D eigenvalue weighted by Gasteiger charge is -2.26. The second kappa shape index (κ2) is 15.1. The summed E-state index contributed by atoms with van der Waals surface area (Å²) < 4.78 is 4.74. The van der Waals surface area contributed by atoms with Crippen LogP contribution in [0.1, 0.15) is 44.9 Å². The van der Waals surface area contributed by atoms with E-state index >= 15 is 0 Å². The van der Waals surface area contributed by atoms with Crippen molar-refractivity contribution < 1.29 is 72.4 Å². The van der Waals surface area contributed by atoms with Crippen molar-refractivity contribution in [2.24, 2.45) is 28.7 Å². The van der Waals surface area contributed by atoms with E-state index in [0.717, 1.165) is 0 Å². The molecular weight excluding hydrogens is 538 g/mol. The van der Waals surface area contributed by atoms with Crippen LogP contribution in [-0.2, 0) is 72.4 Å². The van der Waals surface area contributed by atoms with Gasteiger partial charge in [-0.25, -0.2) is 58.1 Å². The molecule has 0 spiro atoms. The predicted octanol–water partition coefficient (Wildman–Crippen LogP) is -4.60. The largest absolute Gasteiger partial charge is 0.430 e. The molecule has 1 aliphatic heterocycles. The molecule has 20 heteroatoms. The Labute approximate surface area is 218 Å². The van der Waals surface area contributed by atoms with Gasteiger partial charge in [0.1, 0.15) is 24.5 Å². The normalized spacial score (nSPS) is 22.1. The van der Waals surface area contributed by atoms with Crippen molar-refractivity contribution >= 4 is 47.7 Å². The van der Waals surface area contributed by atoms with E-state index in [0.29, 0.717) is 0 Å². The third-order valence-electron chi connectivity index (χ3n) is 4.61. The molecule has 0 radical (unpaired) electrons. The van der Waals surface area contributed by atoms with Crippen LogP contribution >= 0.6 is 0 Å². The quantitative estimate of drug-likeness (QED) is 0.0759. The Balaban J connectivity index is 2.73. The van der Waals surface area contributed by atoms with Crippen molar-refractivity contribution in [3.05, 3.63) is 0 Å². The summed E-state index contributed by atoms with van der Waals surface area (Å²) in [5.74, 6) is -10.3. The van der Waals surface area contributed by atoms with E-state index in [1.165, 1.54) is 0 Å². The molecule has 1 aliphatic rings. The fraction of sp³-hybridized carbons (Fsp3) is 0.579.